The Labute approximate surface area is 160 Å². The molecule has 1 aromatic carbocycles. The van der Waals surface area contributed by atoms with E-state index in [0.717, 1.165) is 18.9 Å². The maximum absolute atomic E-state index is 13.5. The number of ether oxygens (including phenoxy) is 1. The number of aromatic nitrogens is 2. The van der Waals surface area contributed by atoms with E-state index in [1.165, 1.54) is 12.1 Å². The van der Waals surface area contributed by atoms with Gasteiger partial charge in [0.1, 0.15) is 0 Å². The van der Waals surface area contributed by atoms with Gasteiger partial charge in [-0.3, -0.25) is 0 Å². The molecule has 0 bridgehead atoms. The van der Waals surface area contributed by atoms with Gasteiger partial charge in [-0.2, -0.15) is 13.2 Å². The summed E-state index contributed by atoms with van der Waals surface area (Å²) in [6.07, 6.45) is 0.274. The molecule has 28 heavy (non-hydrogen) atoms. The first-order chi connectivity index (χ1) is 13.4. The summed E-state index contributed by atoms with van der Waals surface area (Å²) in [6, 6.07) is 5.46. The number of rotatable bonds is 5. The van der Waals surface area contributed by atoms with Crippen molar-refractivity contribution in [3.05, 3.63) is 47.8 Å². The zero-order valence-corrected chi connectivity index (χ0v) is 15.4. The van der Waals surface area contributed by atoms with E-state index in [0.29, 0.717) is 24.7 Å². The average molecular weight is 394 g/mol. The predicted molar refractivity (Wildman–Crippen MR) is 98.3 cm³/mol. The van der Waals surface area contributed by atoms with Crippen molar-refractivity contribution >= 4 is 17.6 Å². The van der Waals surface area contributed by atoms with Crippen LogP contribution in [0.2, 0.25) is 0 Å². The Kier molecular flexibility index (Phi) is 6.01. The Morgan fingerprint density at radius 2 is 2.07 bits per heavy atom. The van der Waals surface area contributed by atoms with Crippen LogP contribution in [0.1, 0.15) is 35.7 Å². The third-order valence-electron chi connectivity index (χ3n) is 4.49. The van der Waals surface area contributed by atoms with E-state index in [-0.39, 0.29) is 12.6 Å². The molecule has 6 nitrogen and oxygen atoms in total. The lowest BCUT2D eigenvalue weighted by Gasteiger charge is -2.35. The summed E-state index contributed by atoms with van der Waals surface area (Å²) in [4.78, 5) is 22.0. The molecule has 1 aromatic heterocycles. The Hall–Kier alpha value is -2.84. The SMILES string of the molecule is CCOC(=O)c1ccc(N2CCC[C@H](Nc3ncccn3)C2)cc1C(F)(F)F. The van der Waals surface area contributed by atoms with E-state index < -0.39 is 23.3 Å². The van der Waals surface area contributed by atoms with Crippen LogP contribution in [0.3, 0.4) is 0 Å². The number of piperidine rings is 1. The van der Waals surface area contributed by atoms with Crippen LogP contribution in [0.5, 0.6) is 0 Å². The molecule has 0 spiro atoms. The van der Waals surface area contributed by atoms with Gasteiger partial charge in [-0.15, -0.1) is 0 Å². The summed E-state index contributed by atoms with van der Waals surface area (Å²) in [5, 5.41) is 3.21. The van der Waals surface area contributed by atoms with Gasteiger partial charge in [-0.1, -0.05) is 0 Å². The molecule has 0 aliphatic carbocycles. The number of esters is 1. The summed E-state index contributed by atoms with van der Waals surface area (Å²) in [5.74, 6) is -0.483. The van der Waals surface area contributed by atoms with Crippen molar-refractivity contribution in [2.24, 2.45) is 0 Å². The van der Waals surface area contributed by atoms with Crippen LogP contribution >= 0.6 is 0 Å². The summed E-state index contributed by atoms with van der Waals surface area (Å²) >= 11 is 0. The maximum atomic E-state index is 13.5. The quantitative estimate of drug-likeness (QED) is 0.779. The highest BCUT2D eigenvalue weighted by molar-refractivity contribution is 5.92. The minimum atomic E-state index is -4.65. The minimum absolute atomic E-state index is 0.00946. The van der Waals surface area contributed by atoms with Gasteiger partial charge in [0, 0.05) is 37.2 Å². The van der Waals surface area contributed by atoms with Crippen LogP contribution in [-0.4, -0.2) is 41.7 Å². The van der Waals surface area contributed by atoms with Gasteiger partial charge in [0.25, 0.3) is 0 Å². The maximum Gasteiger partial charge on any atom is 0.417 e. The van der Waals surface area contributed by atoms with E-state index >= 15 is 0 Å². The molecular formula is C19H21F3N4O2. The van der Waals surface area contributed by atoms with Crippen molar-refractivity contribution in [1.29, 1.82) is 0 Å². The van der Waals surface area contributed by atoms with E-state index in [1.807, 2.05) is 4.90 Å². The lowest BCUT2D eigenvalue weighted by atomic mass is 10.0. The summed E-state index contributed by atoms with van der Waals surface area (Å²) in [7, 11) is 0. The number of halogens is 3. The van der Waals surface area contributed by atoms with Crippen molar-refractivity contribution in [3.63, 3.8) is 0 Å². The smallest absolute Gasteiger partial charge is 0.417 e. The molecular weight excluding hydrogens is 373 g/mol. The fourth-order valence-corrected chi connectivity index (χ4v) is 3.24. The van der Waals surface area contributed by atoms with Crippen molar-refractivity contribution < 1.29 is 22.7 Å². The fourth-order valence-electron chi connectivity index (χ4n) is 3.24. The highest BCUT2D eigenvalue weighted by Gasteiger charge is 2.36. The van der Waals surface area contributed by atoms with Gasteiger partial charge >= 0.3 is 12.1 Å². The molecule has 150 valence electrons. The first-order valence-electron chi connectivity index (χ1n) is 9.05. The van der Waals surface area contributed by atoms with E-state index in [1.54, 1.807) is 25.4 Å². The lowest BCUT2D eigenvalue weighted by Crippen LogP contribution is -2.42. The third-order valence-corrected chi connectivity index (χ3v) is 4.49. The molecule has 1 aliphatic heterocycles. The molecule has 1 saturated heterocycles. The summed E-state index contributed by atoms with van der Waals surface area (Å²) < 4.78 is 45.3. The Balaban J connectivity index is 1.81. The number of nitrogens with zero attached hydrogens (tertiary/aromatic N) is 3. The number of anilines is 2. The molecule has 9 heteroatoms. The number of hydrogen-bond donors (Lipinski definition) is 1. The second kappa shape index (κ2) is 8.45. The standard InChI is InChI=1S/C19H21F3N4O2/c1-2-28-17(27)15-7-6-14(11-16(15)19(20,21)22)26-10-3-5-13(12-26)25-18-23-8-4-9-24-18/h4,6-9,11,13H,2-3,5,10,12H2,1H3,(H,23,24,25)/t13-/m0/s1. The van der Waals surface area contributed by atoms with Crippen LogP contribution in [0.25, 0.3) is 0 Å². The highest BCUT2D eigenvalue weighted by atomic mass is 19.4. The summed E-state index contributed by atoms with van der Waals surface area (Å²) in [5.41, 5.74) is -1.03. The van der Waals surface area contributed by atoms with E-state index in [2.05, 4.69) is 15.3 Å². The number of carbonyl (C=O) groups excluding carboxylic acids is 1. The monoisotopic (exact) mass is 394 g/mol. The molecule has 0 saturated carbocycles. The fraction of sp³-hybridized carbons (Fsp3) is 0.421. The zero-order chi connectivity index (χ0) is 20.1. The molecule has 1 N–H and O–H groups in total. The van der Waals surface area contributed by atoms with Gasteiger partial charge in [-0.25, -0.2) is 14.8 Å². The molecule has 0 amide bonds. The first kappa shape index (κ1) is 19.9. The number of hydrogen-bond acceptors (Lipinski definition) is 6. The summed E-state index contributed by atoms with van der Waals surface area (Å²) in [6.45, 7) is 2.70. The Morgan fingerprint density at radius 3 is 2.75 bits per heavy atom. The van der Waals surface area contributed by atoms with Crippen LogP contribution in [0.15, 0.2) is 36.7 Å². The van der Waals surface area contributed by atoms with Crippen LogP contribution < -0.4 is 10.2 Å². The highest BCUT2D eigenvalue weighted by Crippen LogP contribution is 2.35. The van der Waals surface area contributed by atoms with E-state index in [9.17, 15) is 18.0 Å². The van der Waals surface area contributed by atoms with Gasteiger partial charge < -0.3 is 15.0 Å². The average Bonchev–Trinajstić information content (AvgIpc) is 2.68. The van der Waals surface area contributed by atoms with Crippen molar-refractivity contribution in [3.8, 4) is 0 Å². The van der Waals surface area contributed by atoms with Crippen molar-refractivity contribution in [2.75, 3.05) is 29.9 Å². The number of carbonyl (C=O) groups is 1. The van der Waals surface area contributed by atoms with Gasteiger partial charge in [-0.05, 0) is 44.0 Å². The van der Waals surface area contributed by atoms with Gasteiger partial charge in [0.15, 0.2) is 0 Å². The molecule has 1 fully saturated rings. The molecule has 3 rings (SSSR count). The first-order valence-corrected chi connectivity index (χ1v) is 9.05. The van der Waals surface area contributed by atoms with E-state index in [4.69, 9.17) is 4.74 Å². The number of nitrogens with one attached hydrogen (secondary N) is 1. The zero-order valence-electron chi connectivity index (χ0n) is 15.4. The van der Waals surface area contributed by atoms with Crippen molar-refractivity contribution in [2.45, 2.75) is 32.0 Å². The molecule has 1 aliphatic rings. The Morgan fingerprint density at radius 1 is 1.32 bits per heavy atom. The second-order valence-electron chi connectivity index (χ2n) is 6.45. The predicted octanol–water partition coefficient (Wildman–Crippen LogP) is 3.75. The molecule has 0 radical (unpaired) electrons. The third kappa shape index (κ3) is 4.71. The largest absolute Gasteiger partial charge is 0.462 e. The lowest BCUT2D eigenvalue weighted by molar-refractivity contribution is -0.138. The normalized spacial score (nSPS) is 17.3. The molecule has 2 heterocycles. The molecule has 2 aromatic rings. The topological polar surface area (TPSA) is 67.3 Å². The number of benzene rings is 1. The molecule has 1 atom stereocenters. The van der Waals surface area contributed by atoms with Gasteiger partial charge in [0.05, 0.1) is 17.7 Å². The minimum Gasteiger partial charge on any atom is -0.462 e. The van der Waals surface area contributed by atoms with Crippen LogP contribution in [0.4, 0.5) is 24.8 Å². The molecule has 0 unspecified atom stereocenters. The van der Waals surface area contributed by atoms with Crippen molar-refractivity contribution in [1.82, 2.24) is 9.97 Å². The van der Waals surface area contributed by atoms with Crippen LogP contribution in [-0.2, 0) is 10.9 Å². The number of alkyl halides is 3. The second-order valence-corrected chi connectivity index (χ2v) is 6.45. The van der Waals surface area contributed by atoms with Crippen LogP contribution in [0, 0.1) is 0 Å². The van der Waals surface area contributed by atoms with Gasteiger partial charge in [0.2, 0.25) is 5.95 Å². The Bertz CT molecular complexity index is 815.